The molecule has 0 saturated carbocycles. The zero-order valence-electron chi connectivity index (χ0n) is 15.2. The lowest BCUT2D eigenvalue weighted by atomic mass is 10.1. The minimum Gasteiger partial charge on any atom is -0.486 e. The quantitative estimate of drug-likeness (QED) is 0.694. The van der Waals surface area contributed by atoms with E-state index in [4.69, 9.17) is 4.74 Å². The van der Waals surface area contributed by atoms with Gasteiger partial charge in [0.15, 0.2) is 0 Å². The molecule has 2 aromatic heterocycles. The normalized spacial score (nSPS) is 13.3. The van der Waals surface area contributed by atoms with Crippen molar-refractivity contribution in [3.63, 3.8) is 0 Å². The summed E-state index contributed by atoms with van der Waals surface area (Å²) in [5, 5.41) is 8.42. The van der Waals surface area contributed by atoms with Crippen LogP contribution in [0, 0.1) is 6.92 Å². The minimum atomic E-state index is 0.116. The van der Waals surface area contributed by atoms with Crippen molar-refractivity contribution in [1.82, 2.24) is 24.9 Å². The van der Waals surface area contributed by atoms with Crippen LogP contribution in [0.2, 0.25) is 0 Å². The third-order valence-corrected chi connectivity index (χ3v) is 4.68. The van der Waals surface area contributed by atoms with Crippen LogP contribution in [0.1, 0.15) is 22.5 Å². The second-order valence-corrected chi connectivity index (χ2v) is 6.66. The van der Waals surface area contributed by atoms with E-state index in [-0.39, 0.29) is 5.91 Å². The van der Waals surface area contributed by atoms with E-state index in [0.717, 1.165) is 17.0 Å². The van der Waals surface area contributed by atoms with Crippen LogP contribution in [0.3, 0.4) is 0 Å². The lowest BCUT2D eigenvalue weighted by molar-refractivity contribution is -0.132. The molecule has 3 heterocycles. The predicted octanol–water partition coefficient (Wildman–Crippen LogP) is 2.15. The molecule has 3 aromatic rings. The van der Waals surface area contributed by atoms with Gasteiger partial charge in [0.25, 0.3) is 0 Å². The number of amides is 1. The molecular weight excluding hydrogens is 342 g/mol. The third-order valence-electron chi connectivity index (χ3n) is 4.68. The highest BCUT2D eigenvalue weighted by molar-refractivity contribution is 5.78. The zero-order chi connectivity index (χ0) is 18.6. The number of pyridine rings is 1. The number of hydrogen-bond donors (Lipinski definition) is 0. The van der Waals surface area contributed by atoms with Crippen molar-refractivity contribution in [3.05, 3.63) is 71.3 Å². The first-order chi connectivity index (χ1) is 13.2. The van der Waals surface area contributed by atoms with Gasteiger partial charge in [-0.3, -0.25) is 9.78 Å². The van der Waals surface area contributed by atoms with Crippen LogP contribution in [0.4, 0.5) is 0 Å². The Morgan fingerprint density at radius 3 is 2.81 bits per heavy atom. The molecule has 1 aliphatic heterocycles. The number of ether oxygens (including phenoxy) is 1. The van der Waals surface area contributed by atoms with Gasteiger partial charge in [0.2, 0.25) is 5.91 Å². The molecule has 27 heavy (non-hydrogen) atoms. The highest BCUT2D eigenvalue weighted by atomic mass is 16.5. The van der Waals surface area contributed by atoms with Gasteiger partial charge in [-0.05, 0) is 24.6 Å². The van der Waals surface area contributed by atoms with E-state index in [2.05, 4.69) is 15.3 Å². The first-order valence-electron chi connectivity index (χ1n) is 8.96. The number of carbonyl (C=O) groups is 1. The van der Waals surface area contributed by atoms with Gasteiger partial charge in [-0.1, -0.05) is 35.0 Å². The molecular formula is C20H21N5O2. The number of carbonyl (C=O) groups excluding carboxylic acids is 1. The van der Waals surface area contributed by atoms with Crippen molar-refractivity contribution in [1.29, 1.82) is 0 Å². The second-order valence-electron chi connectivity index (χ2n) is 6.66. The lowest BCUT2D eigenvalue weighted by Gasteiger charge is -2.28. The van der Waals surface area contributed by atoms with E-state index < -0.39 is 0 Å². The summed E-state index contributed by atoms with van der Waals surface area (Å²) in [5.74, 6) is 0.799. The first-order valence-corrected chi connectivity index (χ1v) is 8.96. The number of rotatable bonds is 5. The number of hydrogen-bond acceptors (Lipinski definition) is 5. The van der Waals surface area contributed by atoms with Gasteiger partial charge in [0.05, 0.1) is 31.4 Å². The molecule has 0 bridgehead atoms. The summed E-state index contributed by atoms with van der Waals surface area (Å²) in [4.78, 5) is 18.6. The molecule has 1 aliphatic rings. The summed E-state index contributed by atoms with van der Waals surface area (Å²) < 4.78 is 7.60. The van der Waals surface area contributed by atoms with Gasteiger partial charge in [0, 0.05) is 12.7 Å². The summed E-state index contributed by atoms with van der Waals surface area (Å²) in [6.07, 6.45) is 3.77. The molecule has 1 amide bonds. The molecule has 0 saturated heterocycles. The molecule has 0 atom stereocenters. The molecule has 0 fully saturated rings. The van der Waals surface area contributed by atoms with Gasteiger partial charge < -0.3 is 9.64 Å². The second kappa shape index (κ2) is 7.57. The van der Waals surface area contributed by atoms with Crippen molar-refractivity contribution < 1.29 is 9.53 Å². The topological polar surface area (TPSA) is 73.1 Å². The van der Waals surface area contributed by atoms with Crippen LogP contribution in [-0.2, 0) is 30.9 Å². The SMILES string of the molecule is Cc1ccc(CC(=O)N2CCn3nnc(COc4cccnc4)c3C2)cc1. The van der Waals surface area contributed by atoms with Gasteiger partial charge in [-0.2, -0.15) is 0 Å². The van der Waals surface area contributed by atoms with Crippen molar-refractivity contribution >= 4 is 5.91 Å². The molecule has 1 aromatic carbocycles. The third kappa shape index (κ3) is 3.97. The van der Waals surface area contributed by atoms with Gasteiger partial charge >= 0.3 is 0 Å². The summed E-state index contributed by atoms with van der Waals surface area (Å²) in [7, 11) is 0. The average molecular weight is 363 g/mol. The number of nitrogens with zero attached hydrogens (tertiary/aromatic N) is 5. The molecule has 4 rings (SSSR count). The first kappa shape index (κ1) is 17.2. The van der Waals surface area contributed by atoms with Gasteiger partial charge in [-0.25, -0.2) is 4.68 Å². The van der Waals surface area contributed by atoms with E-state index >= 15 is 0 Å². The number of aromatic nitrogens is 4. The standard InChI is InChI=1S/C20H21N5O2/c1-15-4-6-16(7-5-15)11-20(26)24-9-10-25-19(13-24)18(22-23-25)14-27-17-3-2-8-21-12-17/h2-8,12H,9-11,13-14H2,1H3. The maximum atomic E-state index is 12.7. The molecule has 0 radical (unpaired) electrons. The van der Waals surface area contributed by atoms with Crippen LogP contribution < -0.4 is 4.74 Å². The summed E-state index contributed by atoms with van der Waals surface area (Å²) in [6, 6.07) is 11.8. The lowest BCUT2D eigenvalue weighted by Crippen LogP contribution is -2.39. The fourth-order valence-corrected chi connectivity index (χ4v) is 3.10. The van der Waals surface area contributed by atoms with E-state index in [1.54, 1.807) is 12.4 Å². The Balaban J connectivity index is 1.42. The Morgan fingerprint density at radius 2 is 2.04 bits per heavy atom. The Kier molecular flexibility index (Phi) is 4.82. The van der Waals surface area contributed by atoms with E-state index in [1.807, 2.05) is 52.9 Å². The van der Waals surface area contributed by atoms with Crippen molar-refractivity contribution in [2.24, 2.45) is 0 Å². The number of aryl methyl sites for hydroxylation is 1. The molecule has 0 unspecified atom stereocenters. The van der Waals surface area contributed by atoms with Crippen molar-refractivity contribution in [2.45, 2.75) is 33.0 Å². The Labute approximate surface area is 157 Å². The Bertz CT molecular complexity index is 921. The summed E-state index contributed by atoms with van der Waals surface area (Å²) >= 11 is 0. The smallest absolute Gasteiger partial charge is 0.227 e. The number of fused-ring (bicyclic) bond motifs is 1. The van der Waals surface area contributed by atoms with Crippen LogP contribution in [0.5, 0.6) is 5.75 Å². The molecule has 138 valence electrons. The highest BCUT2D eigenvalue weighted by Gasteiger charge is 2.25. The zero-order valence-corrected chi connectivity index (χ0v) is 15.2. The molecule has 0 N–H and O–H groups in total. The van der Waals surface area contributed by atoms with Crippen LogP contribution in [-0.4, -0.2) is 37.3 Å². The van der Waals surface area contributed by atoms with Crippen LogP contribution >= 0.6 is 0 Å². The van der Waals surface area contributed by atoms with Gasteiger partial charge in [-0.15, -0.1) is 5.10 Å². The monoisotopic (exact) mass is 363 g/mol. The van der Waals surface area contributed by atoms with Gasteiger partial charge in [0.1, 0.15) is 18.1 Å². The molecule has 0 spiro atoms. The Morgan fingerprint density at radius 1 is 1.19 bits per heavy atom. The van der Waals surface area contributed by atoms with E-state index in [1.165, 1.54) is 5.56 Å². The predicted molar refractivity (Wildman–Crippen MR) is 98.9 cm³/mol. The molecule has 7 nitrogen and oxygen atoms in total. The fourth-order valence-electron chi connectivity index (χ4n) is 3.10. The molecule has 7 heteroatoms. The van der Waals surface area contributed by atoms with E-state index in [9.17, 15) is 4.79 Å². The van der Waals surface area contributed by atoms with Crippen LogP contribution in [0.15, 0.2) is 48.8 Å². The summed E-state index contributed by atoms with van der Waals surface area (Å²) in [5.41, 5.74) is 3.91. The largest absolute Gasteiger partial charge is 0.486 e. The summed E-state index contributed by atoms with van der Waals surface area (Å²) in [6.45, 7) is 4.14. The Hall–Kier alpha value is -3.22. The van der Waals surface area contributed by atoms with E-state index in [0.29, 0.717) is 38.4 Å². The molecule has 0 aliphatic carbocycles. The average Bonchev–Trinajstić information content (AvgIpc) is 3.11. The van der Waals surface area contributed by atoms with Crippen molar-refractivity contribution in [2.75, 3.05) is 6.54 Å². The number of benzene rings is 1. The maximum absolute atomic E-state index is 12.7. The maximum Gasteiger partial charge on any atom is 0.227 e. The minimum absolute atomic E-state index is 0.116. The van der Waals surface area contributed by atoms with Crippen LogP contribution in [0.25, 0.3) is 0 Å². The van der Waals surface area contributed by atoms with Crippen molar-refractivity contribution in [3.8, 4) is 5.75 Å². The highest BCUT2D eigenvalue weighted by Crippen LogP contribution is 2.18. The fraction of sp³-hybridized carbons (Fsp3) is 0.300.